The lowest BCUT2D eigenvalue weighted by atomic mass is 9.99. The standard InChI is InChI=1S/C10H21NO7/c11-1-2-16-3-4-17-10-9(15)8(14)7(13)6(5-12)18-10/h6-10,12-15H,1-5,11H2/t6?,7-,8?,9?,10+/m0/s1. The molecule has 1 saturated heterocycles. The zero-order chi connectivity index (χ0) is 13.5. The number of nitrogens with two attached hydrogens (primary N) is 1. The van der Waals surface area contributed by atoms with Gasteiger partial charge in [-0.1, -0.05) is 0 Å². The number of hydrogen-bond acceptors (Lipinski definition) is 8. The highest BCUT2D eigenvalue weighted by molar-refractivity contribution is 4.88. The summed E-state index contributed by atoms with van der Waals surface area (Å²) < 4.78 is 15.4. The predicted octanol–water partition coefficient (Wildman–Crippen LogP) is -3.22. The van der Waals surface area contributed by atoms with Gasteiger partial charge in [0.1, 0.15) is 24.4 Å². The lowest BCUT2D eigenvalue weighted by Gasteiger charge is -2.39. The van der Waals surface area contributed by atoms with E-state index in [1.165, 1.54) is 0 Å². The Bertz CT molecular complexity index is 228. The van der Waals surface area contributed by atoms with E-state index in [-0.39, 0.29) is 13.2 Å². The van der Waals surface area contributed by atoms with Gasteiger partial charge in [0.25, 0.3) is 0 Å². The maximum Gasteiger partial charge on any atom is 0.186 e. The SMILES string of the molecule is NCCOCCO[C@@H]1OC(CO)[C@H](O)C(O)C1O. The summed E-state index contributed by atoms with van der Waals surface area (Å²) in [4.78, 5) is 0. The first-order valence-electron chi connectivity index (χ1n) is 5.81. The normalized spacial score (nSPS) is 36.8. The zero-order valence-corrected chi connectivity index (χ0v) is 10.0. The van der Waals surface area contributed by atoms with E-state index in [1.807, 2.05) is 0 Å². The van der Waals surface area contributed by atoms with E-state index in [2.05, 4.69) is 0 Å². The Balaban J connectivity index is 2.35. The lowest BCUT2D eigenvalue weighted by molar-refractivity contribution is -0.302. The van der Waals surface area contributed by atoms with Crippen LogP contribution in [0.25, 0.3) is 0 Å². The molecule has 0 radical (unpaired) electrons. The van der Waals surface area contributed by atoms with Gasteiger partial charge in [0, 0.05) is 6.54 Å². The molecule has 0 aromatic rings. The molecular weight excluding hydrogens is 246 g/mol. The van der Waals surface area contributed by atoms with Crippen molar-refractivity contribution in [3.8, 4) is 0 Å². The molecule has 108 valence electrons. The summed E-state index contributed by atoms with van der Waals surface area (Å²) in [5, 5.41) is 37.6. The topological polar surface area (TPSA) is 135 Å². The van der Waals surface area contributed by atoms with Gasteiger partial charge in [-0.3, -0.25) is 0 Å². The van der Waals surface area contributed by atoms with Crippen LogP contribution < -0.4 is 5.73 Å². The van der Waals surface area contributed by atoms with Crippen LogP contribution in [0.3, 0.4) is 0 Å². The number of aliphatic hydroxyl groups is 4. The maximum absolute atomic E-state index is 9.62. The van der Waals surface area contributed by atoms with Gasteiger partial charge in [0.05, 0.1) is 26.4 Å². The highest BCUT2D eigenvalue weighted by Gasteiger charge is 2.43. The summed E-state index contributed by atoms with van der Waals surface area (Å²) >= 11 is 0. The molecule has 0 saturated carbocycles. The van der Waals surface area contributed by atoms with Crippen molar-refractivity contribution >= 4 is 0 Å². The van der Waals surface area contributed by atoms with Crippen LogP contribution in [-0.4, -0.2) is 84.1 Å². The van der Waals surface area contributed by atoms with Crippen molar-refractivity contribution in [1.82, 2.24) is 0 Å². The molecule has 18 heavy (non-hydrogen) atoms. The van der Waals surface area contributed by atoms with Gasteiger partial charge >= 0.3 is 0 Å². The summed E-state index contributed by atoms with van der Waals surface area (Å²) in [5.41, 5.74) is 5.23. The van der Waals surface area contributed by atoms with Gasteiger partial charge in [0.15, 0.2) is 6.29 Å². The fraction of sp³-hybridized carbons (Fsp3) is 1.00. The second-order valence-electron chi connectivity index (χ2n) is 3.97. The van der Waals surface area contributed by atoms with Crippen LogP contribution in [0.5, 0.6) is 0 Å². The molecular formula is C10H21NO7. The second-order valence-corrected chi connectivity index (χ2v) is 3.97. The fourth-order valence-electron chi connectivity index (χ4n) is 1.61. The van der Waals surface area contributed by atoms with E-state index in [9.17, 15) is 15.3 Å². The smallest absolute Gasteiger partial charge is 0.186 e. The van der Waals surface area contributed by atoms with Crippen molar-refractivity contribution in [2.45, 2.75) is 30.7 Å². The van der Waals surface area contributed by atoms with Crippen LogP contribution in [0, 0.1) is 0 Å². The van der Waals surface area contributed by atoms with E-state index in [1.54, 1.807) is 0 Å². The molecule has 1 aliphatic heterocycles. The number of aliphatic hydroxyl groups excluding tert-OH is 4. The minimum atomic E-state index is -1.43. The number of hydrogen-bond donors (Lipinski definition) is 5. The van der Waals surface area contributed by atoms with E-state index < -0.39 is 37.3 Å². The van der Waals surface area contributed by atoms with Gasteiger partial charge in [-0.05, 0) is 0 Å². The maximum atomic E-state index is 9.62. The van der Waals surface area contributed by atoms with Gasteiger partial charge < -0.3 is 40.4 Å². The predicted molar refractivity (Wildman–Crippen MR) is 59.6 cm³/mol. The molecule has 0 bridgehead atoms. The van der Waals surface area contributed by atoms with E-state index in [0.29, 0.717) is 13.2 Å². The van der Waals surface area contributed by atoms with Crippen molar-refractivity contribution in [2.75, 3.05) is 33.0 Å². The summed E-state index contributed by atoms with van der Waals surface area (Å²) in [6.07, 6.45) is -6.25. The molecule has 1 aliphatic rings. The Morgan fingerprint density at radius 3 is 2.33 bits per heavy atom. The Morgan fingerprint density at radius 2 is 1.72 bits per heavy atom. The van der Waals surface area contributed by atoms with Crippen LogP contribution >= 0.6 is 0 Å². The van der Waals surface area contributed by atoms with E-state index in [4.69, 9.17) is 25.1 Å². The molecule has 5 atom stereocenters. The van der Waals surface area contributed by atoms with Gasteiger partial charge in [-0.2, -0.15) is 0 Å². The Hall–Kier alpha value is -0.320. The molecule has 1 rings (SSSR count). The zero-order valence-electron chi connectivity index (χ0n) is 10.0. The third-order valence-corrected chi connectivity index (χ3v) is 2.62. The minimum Gasteiger partial charge on any atom is -0.394 e. The van der Waals surface area contributed by atoms with Gasteiger partial charge in [-0.25, -0.2) is 0 Å². The van der Waals surface area contributed by atoms with Crippen LogP contribution in [0.1, 0.15) is 0 Å². The minimum absolute atomic E-state index is 0.142. The highest BCUT2D eigenvalue weighted by Crippen LogP contribution is 2.21. The summed E-state index contributed by atoms with van der Waals surface area (Å²) in [6, 6.07) is 0. The summed E-state index contributed by atoms with van der Waals surface area (Å²) in [7, 11) is 0. The van der Waals surface area contributed by atoms with Gasteiger partial charge in [0.2, 0.25) is 0 Å². The first kappa shape index (κ1) is 15.7. The van der Waals surface area contributed by atoms with Crippen molar-refractivity contribution < 1.29 is 34.6 Å². The van der Waals surface area contributed by atoms with Crippen molar-refractivity contribution in [1.29, 1.82) is 0 Å². The van der Waals surface area contributed by atoms with Gasteiger partial charge in [-0.15, -0.1) is 0 Å². The third-order valence-electron chi connectivity index (χ3n) is 2.62. The fourth-order valence-corrected chi connectivity index (χ4v) is 1.61. The summed E-state index contributed by atoms with van der Waals surface area (Å²) in [6.45, 7) is 0.738. The largest absolute Gasteiger partial charge is 0.394 e. The second kappa shape index (κ2) is 7.97. The van der Waals surface area contributed by atoms with Crippen LogP contribution in [0.15, 0.2) is 0 Å². The van der Waals surface area contributed by atoms with Crippen molar-refractivity contribution in [2.24, 2.45) is 5.73 Å². The molecule has 0 aliphatic carbocycles. The molecule has 1 fully saturated rings. The molecule has 8 heteroatoms. The van der Waals surface area contributed by atoms with Crippen molar-refractivity contribution in [3.63, 3.8) is 0 Å². The highest BCUT2D eigenvalue weighted by atomic mass is 16.7. The molecule has 0 amide bonds. The van der Waals surface area contributed by atoms with E-state index >= 15 is 0 Å². The third kappa shape index (κ3) is 4.11. The molecule has 8 nitrogen and oxygen atoms in total. The van der Waals surface area contributed by atoms with E-state index in [0.717, 1.165) is 0 Å². The molecule has 0 spiro atoms. The average Bonchev–Trinajstić information content (AvgIpc) is 2.38. The van der Waals surface area contributed by atoms with Crippen LogP contribution in [0.2, 0.25) is 0 Å². The van der Waals surface area contributed by atoms with Crippen LogP contribution in [0.4, 0.5) is 0 Å². The Morgan fingerprint density at radius 1 is 1.00 bits per heavy atom. The molecule has 0 aromatic carbocycles. The number of ether oxygens (including phenoxy) is 3. The molecule has 0 aromatic heterocycles. The first-order valence-corrected chi connectivity index (χ1v) is 5.81. The lowest BCUT2D eigenvalue weighted by Crippen LogP contribution is -2.59. The first-order chi connectivity index (χ1) is 8.61. The summed E-state index contributed by atoms with van der Waals surface area (Å²) in [5.74, 6) is 0. The van der Waals surface area contributed by atoms with Crippen LogP contribution in [-0.2, 0) is 14.2 Å². The Kier molecular flexibility index (Phi) is 6.97. The molecule has 6 N–H and O–H groups in total. The quantitative estimate of drug-likeness (QED) is 0.304. The average molecular weight is 267 g/mol. The number of rotatable bonds is 7. The monoisotopic (exact) mass is 267 g/mol. The molecule has 1 heterocycles. The van der Waals surface area contributed by atoms with Crippen molar-refractivity contribution in [3.05, 3.63) is 0 Å². The Labute approximate surface area is 105 Å². The molecule has 3 unspecified atom stereocenters.